The molecule has 3 N–H and O–H groups in total. The van der Waals surface area contributed by atoms with Crippen molar-refractivity contribution in [2.45, 2.75) is 12.8 Å². The average molecular weight is 615 g/mol. The quantitative estimate of drug-likeness (QED) is 0.303. The monoisotopic (exact) mass is 614 g/mol. The van der Waals surface area contributed by atoms with Crippen molar-refractivity contribution >= 4 is 67.9 Å². The molecule has 33 heavy (non-hydrogen) atoms. The van der Waals surface area contributed by atoms with E-state index in [9.17, 15) is 13.2 Å². The maximum Gasteiger partial charge on any atom is 0.264 e. The first kappa shape index (κ1) is 24.0. The Hall–Kier alpha value is -2.15. The van der Waals surface area contributed by atoms with Gasteiger partial charge in [0.2, 0.25) is 0 Å². The van der Waals surface area contributed by atoms with Gasteiger partial charge in [-0.15, -0.1) is 0 Å². The van der Waals surface area contributed by atoms with Crippen LogP contribution in [0.15, 0.2) is 77.6 Å². The van der Waals surface area contributed by atoms with E-state index in [2.05, 4.69) is 37.4 Å². The Morgan fingerprint density at radius 1 is 1.24 bits per heavy atom. The van der Waals surface area contributed by atoms with Gasteiger partial charge in [-0.2, -0.15) is 0 Å². The summed E-state index contributed by atoms with van der Waals surface area (Å²) in [5.41, 5.74) is 2.03. The topological polar surface area (TPSA) is 90.5 Å². The molecule has 0 bridgehead atoms. The number of nitrogens with zero attached hydrogens (tertiary/aromatic N) is 1. The molecule has 2 heterocycles. The number of hydrogen-bond donors (Lipinski definition) is 3. The second-order valence-electron chi connectivity index (χ2n) is 7.39. The molecule has 0 radical (unpaired) electrons. The smallest absolute Gasteiger partial charge is 0.264 e. The Balaban J connectivity index is 1.52. The Bertz CT molecular complexity index is 1280. The summed E-state index contributed by atoms with van der Waals surface area (Å²) in [6, 6.07) is 12.5. The molecule has 172 valence electrons. The van der Waals surface area contributed by atoms with Crippen LogP contribution in [0.2, 0.25) is 5.02 Å². The Morgan fingerprint density at radius 3 is 2.76 bits per heavy atom. The van der Waals surface area contributed by atoms with Gasteiger partial charge in [-0.1, -0.05) is 30.7 Å². The molecule has 1 atom stereocenters. The number of rotatable bonds is 7. The first-order chi connectivity index (χ1) is 15.7. The van der Waals surface area contributed by atoms with E-state index in [1.165, 1.54) is 18.2 Å². The second kappa shape index (κ2) is 10.00. The minimum absolute atomic E-state index is 0.0553. The largest absolute Gasteiger partial charge is 0.351 e. The molecule has 7 nitrogen and oxygen atoms in total. The Kier molecular flexibility index (Phi) is 7.27. The van der Waals surface area contributed by atoms with Crippen molar-refractivity contribution in [3.8, 4) is 0 Å². The molecule has 11 heteroatoms. The van der Waals surface area contributed by atoms with E-state index >= 15 is 0 Å². The molecule has 2 aromatic rings. The van der Waals surface area contributed by atoms with Gasteiger partial charge in [0, 0.05) is 27.5 Å². The number of benzene rings is 2. The van der Waals surface area contributed by atoms with Gasteiger partial charge in [-0.3, -0.25) is 13.8 Å². The van der Waals surface area contributed by atoms with Crippen LogP contribution in [0.4, 0.5) is 5.69 Å². The van der Waals surface area contributed by atoms with Gasteiger partial charge in [0.05, 0.1) is 29.1 Å². The lowest BCUT2D eigenvalue weighted by Crippen LogP contribution is -2.29. The van der Waals surface area contributed by atoms with E-state index in [0.29, 0.717) is 17.3 Å². The predicted molar refractivity (Wildman–Crippen MR) is 142 cm³/mol. The maximum atomic E-state index is 13.2. The lowest BCUT2D eigenvalue weighted by molar-refractivity contribution is 0.0952. The van der Waals surface area contributed by atoms with E-state index in [0.717, 1.165) is 9.13 Å². The van der Waals surface area contributed by atoms with Gasteiger partial charge >= 0.3 is 0 Å². The summed E-state index contributed by atoms with van der Waals surface area (Å²) in [5.74, 6) is -0.305. The normalized spacial score (nSPS) is 15.8. The number of carbonyl (C=O) groups excluding carboxylic acids is 1. The Morgan fingerprint density at radius 2 is 2.00 bits per heavy atom. The van der Waals surface area contributed by atoms with Crippen LogP contribution in [-0.4, -0.2) is 25.2 Å². The van der Waals surface area contributed by atoms with Crippen LogP contribution in [-0.2, 0) is 10.0 Å². The first-order valence-corrected chi connectivity index (χ1v) is 13.6. The highest BCUT2D eigenvalue weighted by atomic mass is 127. The summed E-state index contributed by atoms with van der Waals surface area (Å²) in [5, 5.41) is 3.56. The third-order valence-corrected chi connectivity index (χ3v) is 8.15. The minimum Gasteiger partial charge on any atom is -0.351 e. The van der Waals surface area contributed by atoms with Crippen LogP contribution in [0.25, 0.3) is 0 Å². The maximum absolute atomic E-state index is 13.2. The fourth-order valence-corrected chi connectivity index (χ4v) is 5.90. The molecule has 0 spiro atoms. The highest BCUT2D eigenvalue weighted by Gasteiger charge is 2.30. The van der Waals surface area contributed by atoms with E-state index in [-0.39, 0.29) is 28.0 Å². The second-order valence-corrected chi connectivity index (χ2v) is 11.5. The summed E-state index contributed by atoms with van der Waals surface area (Å²) in [4.78, 5) is 13.1. The van der Waals surface area contributed by atoms with Crippen molar-refractivity contribution < 1.29 is 13.2 Å². The fourth-order valence-electron chi connectivity index (χ4n) is 3.31. The molecule has 0 saturated carbocycles. The number of carbonyl (C=O) groups is 1. The van der Waals surface area contributed by atoms with Crippen LogP contribution in [0.1, 0.15) is 28.8 Å². The van der Waals surface area contributed by atoms with Crippen molar-refractivity contribution in [3.63, 3.8) is 0 Å². The average Bonchev–Trinajstić information content (AvgIpc) is 3.26. The van der Waals surface area contributed by atoms with Crippen LogP contribution in [0.3, 0.4) is 0 Å². The molecular formula is C22H20ClIN4O3S2. The third kappa shape index (κ3) is 5.51. The lowest BCUT2D eigenvalue weighted by Gasteiger charge is -2.21. The number of nitrogens with one attached hydrogen (secondary N) is 3. The highest BCUT2D eigenvalue weighted by molar-refractivity contribution is 14.1. The number of hydrogen-bond acceptors (Lipinski definition) is 6. The van der Waals surface area contributed by atoms with Crippen LogP contribution in [0.5, 0.6) is 0 Å². The molecule has 2 aliphatic heterocycles. The Labute approximate surface area is 215 Å². The van der Waals surface area contributed by atoms with Crippen LogP contribution >= 0.6 is 46.3 Å². The van der Waals surface area contributed by atoms with E-state index < -0.39 is 10.0 Å². The van der Waals surface area contributed by atoms with E-state index in [4.69, 9.17) is 11.6 Å². The summed E-state index contributed by atoms with van der Waals surface area (Å²) >= 11 is 9.30. The van der Waals surface area contributed by atoms with Gasteiger partial charge in [-0.25, -0.2) is 8.42 Å². The van der Waals surface area contributed by atoms with Crippen molar-refractivity contribution in [3.05, 3.63) is 97.3 Å². The molecule has 0 saturated heterocycles. The number of allylic oxidation sites excluding steroid dienone is 2. The number of halogens is 2. The zero-order chi connectivity index (χ0) is 23.6. The van der Waals surface area contributed by atoms with Crippen molar-refractivity contribution in [2.24, 2.45) is 0 Å². The van der Waals surface area contributed by atoms with Gasteiger partial charge in [0.25, 0.3) is 15.9 Å². The van der Waals surface area contributed by atoms with Crippen LogP contribution in [0, 0.1) is 3.57 Å². The molecule has 0 aromatic heterocycles. The zero-order valence-electron chi connectivity index (χ0n) is 17.4. The van der Waals surface area contributed by atoms with Crippen molar-refractivity contribution in [1.82, 2.24) is 14.3 Å². The van der Waals surface area contributed by atoms with Crippen molar-refractivity contribution in [1.29, 1.82) is 0 Å². The van der Waals surface area contributed by atoms with Gasteiger partial charge in [0.1, 0.15) is 4.91 Å². The summed E-state index contributed by atoms with van der Waals surface area (Å²) in [6.45, 7) is 2.39. The standard InChI is InChI=1S/C22H20ClIN4O3S2/c1-14(15-4-6-16(23)7-5-15)12-25-22(29)18-9-8-17(24)11-19(18)27-33(30,31)21-3-2-10-28-20(21)13-26-32-28/h2-11,13-14,26-27H,12H2,1H3,(H,25,29). The summed E-state index contributed by atoms with van der Waals surface area (Å²) in [6.07, 6.45) is 6.58. The predicted octanol–water partition coefficient (Wildman–Crippen LogP) is 4.94. The number of anilines is 1. The van der Waals surface area contributed by atoms with Gasteiger partial charge in [-0.05, 0) is 76.6 Å². The minimum atomic E-state index is -3.94. The lowest BCUT2D eigenvalue weighted by atomic mass is 10.0. The molecule has 4 rings (SSSR count). The summed E-state index contributed by atoms with van der Waals surface area (Å²) < 4.78 is 34.5. The molecule has 1 amide bonds. The van der Waals surface area contributed by atoms with Gasteiger partial charge < -0.3 is 10.0 Å². The molecule has 0 aliphatic carbocycles. The molecule has 2 aliphatic rings. The SMILES string of the molecule is CC(CNC(=O)c1ccc(I)cc1NS(=O)(=O)C1=CC=CN2SNC=C12)c1ccc(Cl)cc1. The highest BCUT2D eigenvalue weighted by Crippen LogP contribution is 2.34. The van der Waals surface area contributed by atoms with Crippen LogP contribution < -0.4 is 14.8 Å². The van der Waals surface area contributed by atoms with E-state index in [1.807, 2.05) is 31.2 Å². The molecule has 1 unspecified atom stereocenters. The molecule has 2 aromatic carbocycles. The summed E-state index contributed by atoms with van der Waals surface area (Å²) in [7, 11) is -3.94. The number of fused-ring (bicyclic) bond motifs is 1. The first-order valence-electron chi connectivity index (χ1n) is 9.91. The molecular weight excluding hydrogens is 595 g/mol. The number of sulfonamides is 1. The molecule has 0 fully saturated rings. The number of amides is 1. The zero-order valence-corrected chi connectivity index (χ0v) is 21.9. The van der Waals surface area contributed by atoms with Crippen molar-refractivity contribution in [2.75, 3.05) is 11.3 Å². The van der Waals surface area contributed by atoms with E-state index in [1.54, 1.807) is 41.0 Å². The van der Waals surface area contributed by atoms with Gasteiger partial charge in [0.15, 0.2) is 0 Å². The fraction of sp³-hybridized carbons (Fsp3) is 0.136. The third-order valence-electron chi connectivity index (χ3n) is 5.07.